The Hall–Kier alpha value is -1.56. The van der Waals surface area contributed by atoms with Crippen molar-refractivity contribution in [3.8, 4) is 0 Å². The maximum absolute atomic E-state index is 12.4. The number of alkyl halides is 3. The second-order valence-corrected chi connectivity index (χ2v) is 4.41. The highest BCUT2D eigenvalue weighted by Gasteiger charge is 2.31. The van der Waals surface area contributed by atoms with Crippen LogP contribution >= 0.6 is 0 Å². The highest BCUT2D eigenvalue weighted by molar-refractivity contribution is 5.78. The lowest BCUT2D eigenvalue weighted by molar-refractivity contribution is -0.137. The average molecular weight is 258 g/mol. The highest BCUT2D eigenvalue weighted by Crippen LogP contribution is 2.31. The predicted molar refractivity (Wildman–Crippen MR) is 59.5 cm³/mol. The van der Waals surface area contributed by atoms with Crippen molar-refractivity contribution in [2.24, 2.45) is 11.7 Å². The van der Waals surface area contributed by atoms with E-state index in [4.69, 9.17) is 5.73 Å². The third-order valence-electron chi connectivity index (χ3n) is 3.14. The highest BCUT2D eigenvalue weighted by atomic mass is 19.4. The van der Waals surface area contributed by atoms with E-state index in [1.807, 2.05) is 0 Å². The number of hydrogen-bond acceptors (Lipinski definition) is 2. The maximum atomic E-state index is 12.4. The fourth-order valence-electron chi connectivity index (χ4n) is 2.05. The second-order valence-electron chi connectivity index (χ2n) is 4.41. The molecule has 0 spiro atoms. The largest absolute Gasteiger partial charge is 0.416 e. The molecule has 1 aliphatic heterocycles. The number of benzene rings is 1. The van der Waals surface area contributed by atoms with Gasteiger partial charge in [0.25, 0.3) is 0 Å². The standard InChI is InChI=1S/C12H13F3N2O/c13-12(14,15)9-3-1-7(2-4-9)11(16)8-5-10(18)17-6-8/h1-4,8,11H,5-6,16H2,(H,17,18). The van der Waals surface area contributed by atoms with E-state index in [1.54, 1.807) is 0 Å². The number of halogens is 3. The van der Waals surface area contributed by atoms with Gasteiger partial charge in [0.2, 0.25) is 5.91 Å². The van der Waals surface area contributed by atoms with Gasteiger partial charge in [0.15, 0.2) is 0 Å². The minimum atomic E-state index is -4.34. The first-order valence-electron chi connectivity index (χ1n) is 5.57. The first-order valence-corrected chi connectivity index (χ1v) is 5.57. The van der Waals surface area contributed by atoms with Gasteiger partial charge in [-0.2, -0.15) is 13.2 Å². The lowest BCUT2D eigenvalue weighted by atomic mass is 9.92. The van der Waals surface area contributed by atoms with E-state index < -0.39 is 17.8 Å². The van der Waals surface area contributed by atoms with E-state index >= 15 is 0 Å². The van der Waals surface area contributed by atoms with Gasteiger partial charge in [-0.3, -0.25) is 4.79 Å². The molecule has 1 fully saturated rings. The summed E-state index contributed by atoms with van der Waals surface area (Å²) in [5, 5.41) is 2.66. The van der Waals surface area contributed by atoms with Gasteiger partial charge in [-0.25, -0.2) is 0 Å². The summed E-state index contributed by atoms with van der Waals surface area (Å²) in [6.45, 7) is 0.473. The maximum Gasteiger partial charge on any atom is 0.416 e. The van der Waals surface area contributed by atoms with Crippen LogP contribution in [0.2, 0.25) is 0 Å². The molecule has 1 aromatic carbocycles. The molecule has 1 heterocycles. The van der Waals surface area contributed by atoms with Crippen LogP contribution in [0.25, 0.3) is 0 Å². The van der Waals surface area contributed by atoms with E-state index in [0.29, 0.717) is 18.5 Å². The average Bonchev–Trinajstić information content (AvgIpc) is 2.74. The molecule has 18 heavy (non-hydrogen) atoms. The molecule has 2 rings (SSSR count). The van der Waals surface area contributed by atoms with Crippen LogP contribution in [0.4, 0.5) is 13.2 Å². The SMILES string of the molecule is NC(c1ccc(C(F)(F)F)cc1)C1CNC(=O)C1. The Morgan fingerprint density at radius 2 is 1.89 bits per heavy atom. The van der Waals surface area contributed by atoms with Crippen molar-refractivity contribution < 1.29 is 18.0 Å². The summed E-state index contributed by atoms with van der Waals surface area (Å²) >= 11 is 0. The van der Waals surface area contributed by atoms with Crippen molar-refractivity contribution in [2.45, 2.75) is 18.6 Å². The summed E-state index contributed by atoms with van der Waals surface area (Å²) in [6.07, 6.45) is -4.02. The summed E-state index contributed by atoms with van der Waals surface area (Å²) in [4.78, 5) is 11.1. The van der Waals surface area contributed by atoms with Gasteiger partial charge in [0.1, 0.15) is 0 Å². The van der Waals surface area contributed by atoms with Crippen LogP contribution in [0.3, 0.4) is 0 Å². The minimum absolute atomic E-state index is 0.0609. The van der Waals surface area contributed by atoms with Crippen molar-refractivity contribution in [3.63, 3.8) is 0 Å². The van der Waals surface area contributed by atoms with Crippen molar-refractivity contribution in [1.29, 1.82) is 0 Å². The third kappa shape index (κ3) is 2.64. The van der Waals surface area contributed by atoms with Crippen molar-refractivity contribution >= 4 is 5.91 Å². The monoisotopic (exact) mass is 258 g/mol. The van der Waals surface area contributed by atoms with Gasteiger partial charge >= 0.3 is 6.18 Å². The topological polar surface area (TPSA) is 55.1 Å². The molecule has 2 unspecified atom stereocenters. The van der Waals surface area contributed by atoms with Gasteiger partial charge < -0.3 is 11.1 Å². The molecule has 0 radical (unpaired) electrons. The molecule has 3 nitrogen and oxygen atoms in total. The Bertz CT molecular complexity index is 442. The van der Waals surface area contributed by atoms with Crippen LogP contribution in [0, 0.1) is 5.92 Å². The summed E-state index contributed by atoms with van der Waals surface area (Å²) < 4.78 is 37.2. The third-order valence-corrected chi connectivity index (χ3v) is 3.14. The molecule has 1 aliphatic rings. The van der Waals surface area contributed by atoms with E-state index in [-0.39, 0.29) is 11.8 Å². The lowest BCUT2D eigenvalue weighted by Gasteiger charge is -2.18. The van der Waals surface area contributed by atoms with Gasteiger partial charge in [-0.1, -0.05) is 12.1 Å². The Labute approximate surface area is 102 Å². The molecule has 0 bridgehead atoms. The predicted octanol–water partition coefficient (Wildman–Crippen LogP) is 1.84. The number of nitrogens with two attached hydrogens (primary N) is 1. The molecule has 6 heteroatoms. The number of amides is 1. The number of carbonyl (C=O) groups excluding carboxylic acids is 1. The van der Waals surface area contributed by atoms with E-state index in [1.165, 1.54) is 12.1 Å². The minimum Gasteiger partial charge on any atom is -0.356 e. The van der Waals surface area contributed by atoms with Gasteiger partial charge in [-0.05, 0) is 17.7 Å². The van der Waals surface area contributed by atoms with Crippen LogP contribution in [0.5, 0.6) is 0 Å². The second kappa shape index (κ2) is 4.61. The van der Waals surface area contributed by atoms with Crippen LogP contribution in [-0.4, -0.2) is 12.5 Å². The fourth-order valence-corrected chi connectivity index (χ4v) is 2.05. The Morgan fingerprint density at radius 1 is 1.28 bits per heavy atom. The van der Waals surface area contributed by atoms with Gasteiger partial charge in [0, 0.05) is 24.9 Å². The Kier molecular flexibility index (Phi) is 3.30. The first-order chi connectivity index (χ1) is 8.38. The molecular formula is C12H13F3N2O. The molecule has 0 saturated carbocycles. The zero-order valence-electron chi connectivity index (χ0n) is 9.50. The number of hydrogen-bond donors (Lipinski definition) is 2. The molecule has 3 N–H and O–H groups in total. The number of nitrogens with one attached hydrogen (secondary N) is 1. The number of rotatable bonds is 2. The molecule has 0 aromatic heterocycles. The van der Waals surface area contributed by atoms with E-state index in [9.17, 15) is 18.0 Å². The Balaban J connectivity index is 2.12. The normalized spacial score (nSPS) is 21.8. The zero-order valence-corrected chi connectivity index (χ0v) is 9.50. The van der Waals surface area contributed by atoms with Gasteiger partial charge in [0.05, 0.1) is 5.56 Å². The van der Waals surface area contributed by atoms with Crippen molar-refractivity contribution in [3.05, 3.63) is 35.4 Å². The Morgan fingerprint density at radius 3 is 2.33 bits per heavy atom. The quantitative estimate of drug-likeness (QED) is 0.850. The van der Waals surface area contributed by atoms with E-state index in [2.05, 4.69) is 5.32 Å². The molecule has 0 aliphatic carbocycles. The van der Waals surface area contributed by atoms with Crippen molar-refractivity contribution in [2.75, 3.05) is 6.54 Å². The summed E-state index contributed by atoms with van der Waals surface area (Å²) in [7, 11) is 0. The van der Waals surface area contributed by atoms with Crippen LogP contribution < -0.4 is 11.1 Å². The zero-order chi connectivity index (χ0) is 13.3. The first kappa shape index (κ1) is 12.9. The molecule has 2 atom stereocenters. The smallest absolute Gasteiger partial charge is 0.356 e. The van der Waals surface area contributed by atoms with E-state index in [0.717, 1.165) is 12.1 Å². The molecule has 1 aromatic rings. The van der Waals surface area contributed by atoms with Crippen LogP contribution in [0.15, 0.2) is 24.3 Å². The summed E-state index contributed by atoms with van der Waals surface area (Å²) in [6, 6.07) is 4.34. The molecule has 1 saturated heterocycles. The van der Waals surface area contributed by atoms with Crippen LogP contribution in [0.1, 0.15) is 23.6 Å². The summed E-state index contributed by atoms with van der Waals surface area (Å²) in [5.41, 5.74) is 5.87. The molecule has 1 amide bonds. The summed E-state index contributed by atoms with van der Waals surface area (Å²) in [5.74, 6) is -0.128. The number of carbonyl (C=O) groups is 1. The van der Waals surface area contributed by atoms with Crippen molar-refractivity contribution in [1.82, 2.24) is 5.32 Å². The fraction of sp³-hybridized carbons (Fsp3) is 0.417. The molecular weight excluding hydrogens is 245 g/mol. The van der Waals surface area contributed by atoms with Crippen LogP contribution in [-0.2, 0) is 11.0 Å². The lowest BCUT2D eigenvalue weighted by Crippen LogP contribution is -2.23. The molecule has 98 valence electrons. The van der Waals surface area contributed by atoms with Gasteiger partial charge in [-0.15, -0.1) is 0 Å².